The van der Waals surface area contributed by atoms with Crippen molar-refractivity contribution in [3.05, 3.63) is 40.0 Å². The number of halogens is 2. The number of nitrogen functional groups attached to an aromatic ring is 1. The van der Waals surface area contributed by atoms with E-state index in [2.05, 4.69) is 15.0 Å². The number of aryl methyl sites for hydroxylation is 1. The Bertz CT molecular complexity index is 825. The van der Waals surface area contributed by atoms with Crippen molar-refractivity contribution in [2.24, 2.45) is 0 Å². The summed E-state index contributed by atoms with van der Waals surface area (Å²) in [6.45, 7) is 1.92. The first-order valence-electron chi connectivity index (χ1n) is 5.92. The predicted molar refractivity (Wildman–Crippen MR) is 93.5 cm³/mol. The van der Waals surface area contributed by atoms with Crippen LogP contribution in [-0.4, -0.2) is 20.1 Å². The van der Waals surface area contributed by atoms with Crippen LogP contribution in [0.25, 0.3) is 22.2 Å². The van der Waals surface area contributed by atoms with E-state index < -0.39 is 0 Å². The number of phenols is 1. The standard InChI is InChI=1S/C14H11IN4O.ClH/c1-7-4-9-10(5-17-7)18-6-19-14(9)8-2-3-11(20)12(15)13(8)16;/h2-6,20H,16H2,1H3;1H. The molecule has 3 rings (SSSR count). The Morgan fingerprint density at radius 3 is 2.71 bits per heavy atom. The van der Waals surface area contributed by atoms with E-state index in [-0.39, 0.29) is 18.2 Å². The number of anilines is 1. The van der Waals surface area contributed by atoms with Gasteiger partial charge in [-0.3, -0.25) is 4.98 Å². The maximum absolute atomic E-state index is 9.70. The molecule has 1 aromatic carbocycles. The first-order chi connectivity index (χ1) is 9.58. The summed E-state index contributed by atoms with van der Waals surface area (Å²) in [7, 11) is 0. The lowest BCUT2D eigenvalue weighted by Crippen LogP contribution is -1.97. The monoisotopic (exact) mass is 414 g/mol. The van der Waals surface area contributed by atoms with Gasteiger partial charge in [-0.2, -0.15) is 0 Å². The highest BCUT2D eigenvalue weighted by molar-refractivity contribution is 14.1. The van der Waals surface area contributed by atoms with Crippen LogP contribution >= 0.6 is 35.0 Å². The molecule has 3 aromatic rings. The molecular weight excluding hydrogens is 403 g/mol. The smallest absolute Gasteiger partial charge is 0.131 e. The summed E-state index contributed by atoms with van der Waals surface area (Å²) >= 11 is 2.02. The topological polar surface area (TPSA) is 84.9 Å². The Morgan fingerprint density at radius 2 is 1.95 bits per heavy atom. The van der Waals surface area contributed by atoms with Gasteiger partial charge in [-0.1, -0.05) is 0 Å². The zero-order chi connectivity index (χ0) is 14.3. The Kier molecular flexibility index (Phi) is 4.48. The van der Waals surface area contributed by atoms with Crippen molar-refractivity contribution in [2.75, 3.05) is 5.73 Å². The van der Waals surface area contributed by atoms with Gasteiger partial charge in [0.1, 0.15) is 12.1 Å². The fourth-order valence-corrected chi connectivity index (χ4v) is 2.54. The first-order valence-corrected chi connectivity index (χ1v) is 7.00. The van der Waals surface area contributed by atoms with Crippen molar-refractivity contribution in [1.82, 2.24) is 15.0 Å². The largest absolute Gasteiger partial charge is 0.507 e. The number of rotatable bonds is 1. The Labute approximate surface area is 141 Å². The Morgan fingerprint density at radius 1 is 1.19 bits per heavy atom. The van der Waals surface area contributed by atoms with Crippen LogP contribution in [0.1, 0.15) is 5.69 Å². The van der Waals surface area contributed by atoms with Gasteiger partial charge in [0, 0.05) is 16.6 Å². The van der Waals surface area contributed by atoms with Crippen LogP contribution in [-0.2, 0) is 0 Å². The average Bonchev–Trinajstić information content (AvgIpc) is 2.45. The van der Waals surface area contributed by atoms with E-state index in [1.54, 1.807) is 18.3 Å². The minimum absolute atomic E-state index is 0. The number of hydrogen-bond acceptors (Lipinski definition) is 5. The number of nitrogens with two attached hydrogens (primary N) is 1. The lowest BCUT2D eigenvalue weighted by Gasteiger charge is -2.10. The molecule has 0 atom stereocenters. The van der Waals surface area contributed by atoms with Crippen molar-refractivity contribution in [3.8, 4) is 17.0 Å². The molecule has 0 radical (unpaired) electrons. The molecule has 21 heavy (non-hydrogen) atoms. The minimum atomic E-state index is 0. The number of hydrogen-bond donors (Lipinski definition) is 2. The number of aromatic nitrogens is 3. The highest BCUT2D eigenvalue weighted by Gasteiger charge is 2.13. The zero-order valence-corrected chi connectivity index (χ0v) is 14.0. The lowest BCUT2D eigenvalue weighted by atomic mass is 10.0. The second kappa shape index (κ2) is 5.98. The molecule has 0 saturated carbocycles. The van der Waals surface area contributed by atoms with Crippen LogP contribution in [0.3, 0.4) is 0 Å². The Hall–Kier alpha value is -1.67. The molecular formula is C14H12ClIN4O. The van der Waals surface area contributed by atoms with Gasteiger partial charge in [0.25, 0.3) is 0 Å². The minimum Gasteiger partial charge on any atom is -0.507 e. The molecule has 0 saturated heterocycles. The van der Waals surface area contributed by atoms with Gasteiger partial charge in [0.2, 0.25) is 0 Å². The zero-order valence-electron chi connectivity index (χ0n) is 11.0. The van der Waals surface area contributed by atoms with Crippen molar-refractivity contribution in [2.45, 2.75) is 6.92 Å². The molecule has 0 aliphatic carbocycles. The van der Waals surface area contributed by atoms with E-state index in [1.807, 2.05) is 35.6 Å². The van der Waals surface area contributed by atoms with Crippen LogP contribution in [0, 0.1) is 10.5 Å². The van der Waals surface area contributed by atoms with Gasteiger partial charge in [0.05, 0.1) is 26.7 Å². The molecule has 5 nitrogen and oxygen atoms in total. The van der Waals surface area contributed by atoms with E-state index in [0.29, 0.717) is 9.26 Å². The van der Waals surface area contributed by atoms with Gasteiger partial charge < -0.3 is 10.8 Å². The summed E-state index contributed by atoms with van der Waals surface area (Å²) in [5.74, 6) is 0.169. The molecule has 108 valence electrons. The molecule has 3 N–H and O–H groups in total. The third-order valence-corrected chi connectivity index (χ3v) is 4.21. The molecule has 2 aromatic heterocycles. The fraction of sp³-hybridized carbons (Fsp3) is 0.0714. The van der Waals surface area contributed by atoms with Crippen molar-refractivity contribution in [3.63, 3.8) is 0 Å². The summed E-state index contributed by atoms with van der Waals surface area (Å²) in [4.78, 5) is 12.8. The highest BCUT2D eigenvalue weighted by atomic mass is 127. The van der Waals surface area contributed by atoms with Crippen molar-refractivity contribution >= 4 is 51.6 Å². The molecule has 0 amide bonds. The number of pyridine rings is 1. The fourth-order valence-electron chi connectivity index (χ4n) is 2.07. The van der Waals surface area contributed by atoms with E-state index in [9.17, 15) is 5.11 Å². The molecule has 0 fully saturated rings. The summed E-state index contributed by atoms with van der Waals surface area (Å²) in [6, 6.07) is 5.32. The normalized spacial score (nSPS) is 10.4. The number of aromatic hydroxyl groups is 1. The lowest BCUT2D eigenvalue weighted by molar-refractivity contribution is 0.472. The van der Waals surface area contributed by atoms with E-state index in [4.69, 9.17) is 5.73 Å². The number of benzene rings is 1. The third kappa shape index (κ3) is 2.73. The van der Waals surface area contributed by atoms with Gasteiger partial charge in [-0.25, -0.2) is 9.97 Å². The molecule has 0 bridgehead atoms. The highest BCUT2D eigenvalue weighted by Crippen LogP contribution is 2.36. The maximum atomic E-state index is 9.70. The summed E-state index contributed by atoms with van der Waals surface area (Å²) in [6.07, 6.45) is 3.21. The maximum Gasteiger partial charge on any atom is 0.131 e. The molecule has 0 aliphatic rings. The predicted octanol–water partition coefficient (Wildman–Crippen LogP) is 3.31. The third-order valence-electron chi connectivity index (χ3n) is 3.07. The van der Waals surface area contributed by atoms with Crippen LogP contribution in [0.2, 0.25) is 0 Å². The number of phenolic OH excluding ortho intramolecular Hbond substituents is 1. The SMILES string of the molecule is Cc1cc2c(-c3ccc(O)c(I)c3N)ncnc2cn1.Cl. The van der Waals surface area contributed by atoms with E-state index >= 15 is 0 Å². The van der Waals surface area contributed by atoms with E-state index in [1.165, 1.54) is 6.33 Å². The van der Waals surface area contributed by atoms with E-state index in [0.717, 1.165) is 27.9 Å². The molecule has 0 aliphatic heterocycles. The first kappa shape index (κ1) is 15.7. The van der Waals surface area contributed by atoms with Crippen molar-refractivity contribution in [1.29, 1.82) is 0 Å². The quantitative estimate of drug-likeness (QED) is 0.471. The summed E-state index contributed by atoms with van der Waals surface area (Å²) in [5.41, 5.74) is 9.80. The summed E-state index contributed by atoms with van der Waals surface area (Å²) in [5, 5.41) is 10.6. The number of nitrogens with zero attached hydrogens (tertiary/aromatic N) is 3. The van der Waals surface area contributed by atoms with Crippen LogP contribution in [0.15, 0.2) is 30.7 Å². The van der Waals surface area contributed by atoms with Gasteiger partial charge >= 0.3 is 0 Å². The number of fused-ring (bicyclic) bond motifs is 1. The second-order valence-corrected chi connectivity index (χ2v) is 5.50. The van der Waals surface area contributed by atoms with Crippen molar-refractivity contribution < 1.29 is 5.11 Å². The Balaban J connectivity index is 0.00000161. The van der Waals surface area contributed by atoms with Crippen LogP contribution in [0.5, 0.6) is 5.75 Å². The van der Waals surface area contributed by atoms with Gasteiger partial charge in [0.15, 0.2) is 0 Å². The molecule has 0 unspecified atom stereocenters. The van der Waals surface area contributed by atoms with Crippen LogP contribution < -0.4 is 5.73 Å². The molecule has 2 heterocycles. The van der Waals surface area contributed by atoms with Gasteiger partial charge in [-0.15, -0.1) is 12.4 Å². The summed E-state index contributed by atoms with van der Waals surface area (Å²) < 4.78 is 0.623. The van der Waals surface area contributed by atoms with Crippen LogP contribution in [0.4, 0.5) is 5.69 Å². The second-order valence-electron chi connectivity index (χ2n) is 4.43. The molecule has 0 spiro atoms. The average molecular weight is 415 g/mol. The van der Waals surface area contributed by atoms with Gasteiger partial charge in [-0.05, 0) is 47.7 Å². The molecule has 7 heteroatoms.